The largest absolute Gasteiger partial charge is 0.375 e. The van der Waals surface area contributed by atoms with Crippen molar-refractivity contribution in [2.24, 2.45) is 5.92 Å². The van der Waals surface area contributed by atoms with Crippen molar-refractivity contribution in [2.75, 3.05) is 0 Å². The van der Waals surface area contributed by atoms with Crippen LogP contribution in [0.2, 0.25) is 0 Å². The lowest BCUT2D eigenvalue weighted by molar-refractivity contribution is -0.139. The summed E-state index contributed by atoms with van der Waals surface area (Å²) in [7, 11) is 0. The van der Waals surface area contributed by atoms with Crippen LogP contribution in [-0.4, -0.2) is 47.2 Å². The molecule has 0 aromatic rings. The van der Waals surface area contributed by atoms with Crippen LogP contribution in [0.15, 0.2) is 0 Å². The third kappa shape index (κ3) is 2.27. The summed E-state index contributed by atoms with van der Waals surface area (Å²) in [6.07, 6.45) is 7.73. The van der Waals surface area contributed by atoms with Crippen molar-refractivity contribution < 1.29 is 9.53 Å². The molecule has 3 heterocycles. The SMILES string of the molecule is CC(C)O[C@H]1C[C@H]2CC[C@@H](C1)N2C(=O)[C@H]1N[C@H]1C1CC1. The third-order valence-corrected chi connectivity index (χ3v) is 5.43. The zero-order valence-corrected chi connectivity index (χ0v) is 12.5. The Morgan fingerprint density at radius 3 is 2.35 bits per heavy atom. The summed E-state index contributed by atoms with van der Waals surface area (Å²) < 4.78 is 5.99. The first-order valence-corrected chi connectivity index (χ1v) is 8.37. The molecule has 4 aliphatic rings. The van der Waals surface area contributed by atoms with E-state index in [-0.39, 0.29) is 6.04 Å². The van der Waals surface area contributed by atoms with Crippen molar-refractivity contribution in [2.45, 2.75) is 88.7 Å². The first-order valence-electron chi connectivity index (χ1n) is 8.37. The highest BCUT2D eigenvalue weighted by atomic mass is 16.5. The number of nitrogens with zero attached hydrogens (tertiary/aromatic N) is 1. The predicted molar refractivity (Wildman–Crippen MR) is 76.3 cm³/mol. The molecular weight excluding hydrogens is 252 g/mol. The Morgan fingerprint density at radius 2 is 1.80 bits per heavy atom. The van der Waals surface area contributed by atoms with E-state index in [1.165, 1.54) is 25.7 Å². The van der Waals surface area contributed by atoms with Crippen molar-refractivity contribution in [3.8, 4) is 0 Å². The van der Waals surface area contributed by atoms with E-state index in [0.29, 0.717) is 36.2 Å². The fraction of sp³-hybridized carbons (Fsp3) is 0.938. The molecule has 0 unspecified atom stereocenters. The van der Waals surface area contributed by atoms with E-state index in [1.807, 2.05) is 0 Å². The highest BCUT2D eigenvalue weighted by Crippen LogP contribution is 2.43. The van der Waals surface area contributed by atoms with E-state index >= 15 is 0 Å². The van der Waals surface area contributed by atoms with E-state index in [0.717, 1.165) is 18.8 Å². The molecule has 1 aliphatic carbocycles. The number of hydrogen-bond acceptors (Lipinski definition) is 3. The summed E-state index contributed by atoms with van der Waals surface area (Å²) in [6, 6.07) is 1.53. The normalized spacial score (nSPS) is 43.1. The zero-order valence-electron chi connectivity index (χ0n) is 12.5. The minimum absolute atomic E-state index is 0.146. The highest BCUT2D eigenvalue weighted by Gasteiger charge is 2.55. The fourth-order valence-electron chi connectivity index (χ4n) is 4.38. The van der Waals surface area contributed by atoms with Crippen molar-refractivity contribution in [1.29, 1.82) is 0 Å². The van der Waals surface area contributed by atoms with Gasteiger partial charge in [-0.2, -0.15) is 0 Å². The number of ether oxygens (including phenoxy) is 1. The van der Waals surface area contributed by atoms with Gasteiger partial charge in [-0.15, -0.1) is 0 Å². The van der Waals surface area contributed by atoms with E-state index in [1.54, 1.807) is 0 Å². The minimum atomic E-state index is 0.146. The Hall–Kier alpha value is -0.610. The second kappa shape index (κ2) is 4.70. The Labute approximate surface area is 121 Å². The average molecular weight is 278 g/mol. The van der Waals surface area contributed by atoms with E-state index < -0.39 is 0 Å². The highest BCUT2D eigenvalue weighted by molar-refractivity contribution is 5.87. The maximum Gasteiger partial charge on any atom is 0.241 e. The fourth-order valence-corrected chi connectivity index (χ4v) is 4.38. The van der Waals surface area contributed by atoms with E-state index in [4.69, 9.17) is 4.74 Å². The van der Waals surface area contributed by atoms with Gasteiger partial charge < -0.3 is 9.64 Å². The Bertz CT molecular complexity index is 393. The average Bonchev–Trinajstić information content (AvgIpc) is 3.24. The minimum Gasteiger partial charge on any atom is -0.375 e. The molecular formula is C16H26N2O2. The van der Waals surface area contributed by atoms with Crippen LogP contribution < -0.4 is 5.32 Å². The summed E-state index contributed by atoms with van der Waals surface area (Å²) >= 11 is 0. The van der Waals surface area contributed by atoms with Crippen LogP contribution in [0.3, 0.4) is 0 Å². The topological polar surface area (TPSA) is 51.5 Å². The summed E-state index contributed by atoms with van der Waals surface area (Å²) in [4.78, 5) is 14.9. The molecule has 0 spiro atoms. The van der Waals surface area contributed by atoms with Gasteiger partial charge in [0.25, 0.3) is 0 Å². The number of hydrogen-bond donors (Lipinski definition) is 1. The standard InChI is InChI=1S/C16H26N2O2/c1-9(2)20-13-7-11-5-6-12(8-13)18(11)16(19)15-14(17-15)10-3-4-10/h9-15,17H,3-8H2,1-2H3/t11-,12+,13+,14-,15-/m0/s1. The van der Waals surface area contributed by atoms with Crippen molar-refractivity contribution >= 4 is 5.91 Å². The second-order valence-corrected chi connectivity index (χ2v) is 7.42. The zero-order chi connectivity index (χ0) is 13.9. The summed E-state index contributed by atoms with van der Waals surface area (Å²) in [5.41, 5.74) is 0. The number of rotatable bonds is 4. The molecule has 2 bridgehead atoms. The van der Waals surface area contributed by atoms with Gasteiger partial charge in [-0.3, -0.25) is 10.1 Å². The van der Waals surface area contributed by atoms with Gasteiger partial charge >= 0.3 is 0 Å². The molecule has 4 heteroatoms. The third-order valence-electron chi connectivity index (χ3n) is 5.43. The second-order valence-electron chi connectivity index (χ2n) is 7.42. The van der Waals surface area contributed by atoms with Gasteiger partial charge in [-0.05, 0) is 58.3 Å². The van der Waals surface area contributed by atoms with Gasteiger partial charge in [0.1, 0.15) is 6.04 Å². The van der Waals surface area contributed by atoms with Crippen LogP contribution in [0.1, 0.15) is 52.4 Å². The van der Waals surface area contributed by atoms with E-state index in [9.17, 15) is 4.79 Å². The molecule has 0 aromatic carbocycles. The molecule has 0 radical (unpaired) electrons. The lowest BCUT2D eigenvalue weighted by atomic mass is 9.98. The molecule has 4 nitrogen and oxygen atoms in total. The van der Waals surface area contributed by atoms with Gasteiger partial charge in [0.05, 0.1) is 12.2 Å². The van der Waals surface area contributed by atoms with Crippen molar-refractivity contribution in [3.05, 3.63) is 0 Å². The molecule has 3 saturated heterocycles. The van der Waals surface area contributed by atoms with Crippen LogP contribution in [0.25, 0.3) is 0 Å². The number of piperidine rings is 1. The van der Waals surface area contributed by atoms with Crippen LogP contribution >= 0.6 is 0 Å². The molecule has 0 aromatic heterocycles. The Kier molecular flexibility index (Phi) is 3.08. The number of fused-ring (bicyclic) bond motifs is 2. The van der Waals surface area contributed by atoms with Gasteiger partial charge in [0.15, 0.2) is 0 Å². The molecule has 1 N–H and O–H groups in total. The van der Waals surface area contributed by atoms with E-state index in [2.05, 4.69) is 24.1 Å². The summed E-state index contributed by atoms with van der Waals surface area (Å²) in [5.74, 6) is 1.18. The smallest absolute Gasteiger partial charge is 0.241 e. The first kappa shape index (κ1) is 13.1. The van der Waals surface area contributed by atoms with Crippen LogP contribution in [0.4, 0.5) is 0 Å². The molecule has 112 valence electrons. The quantitative estimate of drug-likeness (QED) is 0.796. The molecule has 4 fully saturated rings. The number of carbonyl (C=O) groups is 1. The summed E-state index contributed by atoms with van der Waals surface area (Å²) in [5, 5.41) is 3.42. The van der Waals surface area contributed by atoms with Crippen molar-refractivity contribution in [1.82, 2.24) is 10.2 Å². The van der Waals surface area contributed by atoms with Crippen molar-refractivity contribution in [3.63, 3.8) is 0 Å². The lowest BCUT2D eigenvalue weighted by Crippen LogP contribution is -2.51. The number of carbonyl (C=O) groups excluding carboxylic acids is 1. The summed E-state index contributed by atoms with van der Waals surface area (Å²) in [6.45, 7) is 4.21. The Balaban J connectivity index is 1.39. The van der Waals surface area contributed by atoms with Gasteiger partial charge in [-0.25, -0.2) is 0 Å². The van der Waals surface area contributed by atoms with Gasteiger partial charge in [0.2, 0.25) is 5.91 Å². The molecule has 20 heavy (non-hydrogen) atoms. The predicted octanol–water partition coefficient (Wildman–Crippen LogP) is 1.68. The number of nitrogens with one attached hydrogen (secondary N) is 1. The Morgan fingerprint density at radius 1 is 1.15 bits per heavy atom. The van der Waals surface area contributed by atoms with Crippen LogP contribution in [0, 0.1) is 5.92 Å². The molecule has 3 aliphatic heterocycles. The van der Waals surface area contributed by atoms with Gasteiger partial charge in [0, 0.05) is 18.1 Å². The maximum atomic E-state index is 12.7. The first-order chi connectivity index (χ1) is 9.63. The number of amides is 1. The molecule has 1 amide bonds. The van der Waals surface area contributed by atoms with Gasteiger partial charge in [-0.1, -0.05) is 0 Å². The maximum absolute atomic E-state index is 12.7. The monoisotopic (exact) mass is 278 g/mol. The lowest BCUT2D eigenvalue weighted by Gasteiger charge is -2.39. The molecule has 1 saturated carbocycles. The van der Waals surface area contributed by atoms with Crippen LogP contribution in [-0.2, 0) is 9.53 Å². The molecule has 5 atom stereocenters. The van der Waals surface area contributed by atoms with Crippen LogP contribution in [0.5, 0.6) is 0 Å². The molecule has 4 rings (SSSR count).